The Hall–Kier alpha value is -2.87. The van der Waals surface area contributed by atoms with Gasteiger partial charge in [-0.1, -0.05) is 30.3 Å². The van der Waals surface area contributed by atoms with Crippen LogP contribution in [0.2, 0.25) is 0 Å². The van der Waals surface area contributed by atoms with Gasteiger partial charge in [0, 0.05) is 13.7 Å². The van der Waals surface area contributed by atoms with E-state index in [1.807, 2.05) is 30.3 Å². The summed E-state index contributed by atoms with van der Waals surface area (Å²) < 4.78 is 6.52. The molecule has 2 heterocycles. The van der Waals surface area contributed by atoms with Gasteiger partial charge in [0.2, 0.25) is 5.95 Å². The van der Waals surface area contributed by atoms with Crippen molar-refractivity contribution in [2.24, 2.45) is 0 Å². The third kappa shape index (κ3) is 3.16. The van der Waals surface area contributed by atoms with Gasteiger partial charge < -0.3 is 20.8 Å². The van der Waals surface area contributed by atoms with E-state index >= 15 is 0 Å². The standard InChI is InChI=1S/C15H18N6O2/c1-23-8-7-17-14-19-12(16)11-13(20-14)21(15(22)18-11)9-10-5-3-2-4-6-10/h2-6H,7-9H2,1H3,(H,18,22)(H3,16,17,19,20). The number of imidazole rings is 1. The first kappa shape index (κ1) is 15.0. The van der Waals surface area contributed by atoms with Crippen LogP contribution in [0.5, 0.6) is 0 Å². The molecule has 0 saturated carbocycles. The Morgan fingerprint density at radius 2 is 2.09 bits per heavy atom. The van der Waals surface area contributed by atoms with Crippen LogP contribution in [0.15, 0.2) is 35.1 Å². The average molecular weight is 314 g/mol. The molecule has 0 atom stereocenters. The van der Waals surface area contributed by atoms with E-state index in [-0.39, 0.29) is 11.5 Å². The van der Waals surface area contributed by atoms with Crippen molar-refractivity contribution in [3.8, 4) is 0 Å². The molecule has 0 fully saturated rings. The number of H-pyrrole nitrogens is 1. The molecule has 23 heavy (non-hydrogen) atoms. The van der Waals surface area contributed by atoms with E-state index in [1.165, 1.54) is 0 Å². The topological polar surface area (TPSA) is 111 Å². The van der Waals surface area contributed by atoms with Crippen LogP contribution in [-0.2, 0) is 11.3 Å². The number of rotatable bonds is 6. The van der Waals surface area contributed by atoms with Crippen molar-refractivity contribution in [1.29, 1.82) is 0 Å². The number of nitrogens with zero attached hydrogens (tertiary/aromatic N) is 3. The van der Waals surface area contributed by atoms with Gasteiger partial charge in [-0.2, -0.15) is 9.97 Å². The fourth-order valence-electron chi connectivity index (χ4n) is 2.31. The molecule has 3 aromatic rings. The summed E-state index contributed by atoms with van der Waals surface area (Å²) >= 11 is 0. The maximum absolute atomic E-state index is 12.2. The lowest BCUT2D eigenvalue weighted by Crippen LogP contribution is -2.18. The largest absolute Gasteiger partial charge is 0.383 e. The van der Waals surface area contributed by atoms with E-state index in [0.29, 0.717) is 36.8 Å². The molecule has 0 aliphatic heterocycles. The Bertz CT molecular complexity index is 856. The van der Waals surface area contributed by atoms with Gasteiger partial charge in [-0.05, 0) is 5.56 Å². The minimum Gasteiger partial charge on any atom is -0.383 e. The highest BCUT2D eigenvalue weighted by molar-refractivity contribution is 5.82. The number of anilines is 2. The van der Waals surface area contributed by atoms with E-state index in [9.17, 15) is 4.79 Å². The molecule has 8 heteroatoms. The summed E-state index contributed by atoms with van der Waals surface area (Å²) in [6.07, 6.45) is 0. The quantitative estimate of drug-likeness (QED) is 0.581. The highest BCUT2D eigenvalue weighted by atomic mass is 16.5. The monoisotopic (exact) mass is 314 g/mol. The first-order chi connectivity index (χ1) is 11.2. The first-order valence-corrected chi connectivity index (χ1v) is 7.22. The second-order valence-electron chi connectivity index (χ2n) is 5.05. The zero-order chi connectivity index (χ0) is 16.2. The molecule has 0 spiro atoms. The Kier molecular flexibility index (Phi) is 4.24. The van der Waals surface area contributed by atoms with Gasteiger partial charge in [-0.15, -0.1) is 0 Å². The van der Waals surface area contributed by atoms with Crippen LogP contribution < -0.4 is 16.7 Å². The molecule has 0 bridgehead atoms. The summed E-state index contributed by atoms with van der Waals surface area (Å²) in [5.41, 5.74) is 7.59. The number of nitrogens with one attached hydrogen (secondary N) is 2. The molecule has 4 N–H and O–H groups in total. The highest BCUT2D eigenvalue weighted by Crippen LogP contribution is 2.17. The van der Waals surface area contributed by atoms with E-state index in [4.69, 9.17) is 10.5 Å². The van der Waals surface area contributed by atoms with Crippen LogP contribution in [0.1, 0.15) is 5.56 Å². The van der Waals surface area contributed by atoms with Gasteiger partial charge in [0.15, 0.2) is 11.5 Å². The smallest absolute Gasteiger partial charge is 0.328 e. The second-order valence-corrected chi connectivity index (χ2v) is 5.05. The number of hydrogen-bond acceptors (Lipinski definition) is 6. The molecule has 2 aromatic heterocycles. The van der Waals surface area contributed by atoms with E-state index in [2.05, 4.69) is 20.3 Å². The Morgan fingerprint density at radius 3 is 2.83 bits per heavy atom. The molecule has 0 radical (unpaired) electrons. The van der Waals surface area contributed by atoms with E-state index in [1.54, 1.807) is 11.7 Å². The third-order valence-electron chi connectivity index (χ3n) is 3.42. The van der Waals surface area contributed by atoms with E-state index in [0.717, 1.165) is 5.56 Å². The van der Waals surface area contributed by atoms with E-state index < -0.39 is 0 Å². The second kappa shape index (κ2) is 6.49. The lowest BCUT2D eigenvalue weighted by molar-refractivity contribution is 0.210. The number of methoxy groups -OCH3 is 1. The van der Waals surface area contributed by atoms with Crippen molar-refractivity contribution in [3.05, 3.63) is 46.4 Å². The molecule has 1 aromatic carbocycles. The Labute approximate surface area is 132 Å². The Balaban J connectivity index is 2.00. The zero-order valence-corrected chi connectivity index (χ0v) is 12.7. The van der Waals surface area contributed by atoms with Crippen molar-refractivity contribution in [1.82, 2.24) is 19.5 Å². The fraction of sp³-hybridized carbons (Fsp3) is 0.267. The van der Waals surface area contributed by atoms with Crippen molar-refractivity contribution in [3.63, 3.8) is 0 Å². The summed E-state index contributed by atoms with van der Waals surface area (Å²) in [6, 6.07) is 9.69. The average Bonchev–Trinajstić information content (AvgIpc) is 2.86. The minimum atomic E-state index is -0.265. The number of hydrogen-bond donors (Lipinski definition) is 3. The number of fused-ring (bicyclic) bond motifs is 1. The molecule has 3 rings (SSSR count). The van der Waals surface area contributed by atoms with Crippen molar-refractivity contribution >= 4 is 22.9 Å². The van der Waals surface area contributed by atoms with Crippen LogP contribution >= 0.6 is 0 Å². The molecule has 0 aliphatic rings. The molecule has 0 unspecified atom stereocenters. The van der Waals surface area contributed by atoms with Crippen LogP contribution in [-0.4, -0.2) is 39.8 Å². The summed E-state index contributed by atoms with van der Waals surface area (Å²) in [5, 5.41) is 3.02. The fourth-order valence-corrected chi connectivity index (χ4v) is 2.31. The van der Waals surface area contributed by atoms with Gasteiger partial charge in [0.25, 0.3) is 0 Å². The number of aromatic nitrogens is 4. The SMILES string of the molecule is COCCNc1nc(N)c2[nH]c(=O)n(Cc3ccccc3)c2n1. The number of nitrogens with two attached hydrogens (primary N) is 1. The Morgan fingerprint density at radius 1 is 1.30 bits per heavy atom. The summed E-state index contributed by atoms with van der Waals surface area (Å²) in [7, 11) is 1.61. The molecule has 8 nitrogen and oxygen atoms in total. The van der Waals surface area contributed by atoms with Crippen LogP contribution in [0, 0.1) is 0 Å². The molecule has 0 saturated heterocycles. The zero-order valence-electron chi connectivity index (χ0n) is 12.7. The van der Waals surface area contributed by atoms with Gasteiger partial charge in [-0.25, -0.2) is 4.79 Å². The van der Waals surface area contributed by atoms with Crippen LogP contribution in [0.25, 0.3) is 11.2 Å². The number of benzene rings is 1. The van der Waals surface area contributed by atoms with Crippen LogP contribution in [0.4, 0.5) is 11.8 Å². The highest BCUT2D eigenvalue weighted by Gasteiger charge is 2.14. The molecular formula is C15H18N6O2. The number of aromatic amines is 1. The summed E-state index contributed by atoms with van der Waals surface area (Å²) in [6.45, 7) is 1.48. The number of nitrogen functional groups attached to an aromatic ring is 1. The molecule has 0 amide bonds. The maximum atomic E-state index is 12.2. The predicted molar refractivity (Wildman–Crippen MR) is 88.5 cm³/mol. The van der Waals surface area contributed by atoms with Crippen molar-refractivity contribution in [2.75, 3.05) is 31.3 Å². The molecule has 0 aliphatic carbocycles. The summed E-state index contributed by atoms with van der Waals surface area (Å²) in [5.74, 6) is 0.603. The third-order valence-corrected chi connectivity index (χ3v) is 3.42. The maximum Gasteiger partial charge on any atom is 0.328 e. The predicted octanol–water partition coefficient (Wildman–Crippen LogP) is 0.808. The van der Waals surface area contributed by atoms with Crippen LogP contribution in [0.3, 0.4) is 0 Å². The van der Waals surface area contributed by atoms with Crippen molar-refractivity contribution < 1.29 is 4.74 Å². The lowest BCUT2D eigenvalue weighted by atomic mass is 10.2. The van der Waals surface area contributed by atoms with Gasteiger partial charge in [-0.3, -0.25) is 4.57 Å². The lowest BCUT2D eigenvalue weighted by Gasteiger charge is -2.07. The first-order valence-electron chi connectivity index (χ1n) is 7.22. The number of ether oxygens (including phenoxy) is 1. The van der Waals surface area contributed by atoms with Gasteiger partial charge in [0.1, 0.15) is 5.52 Å². The van der Waals surface area contributed by atoms with Gasteiger partial charge >= 0.3 is 5.69 Å². The van der Waals surface area contributed by atoms with Gasteiger partial charge in [0.05, 0.1) is 13.2 Å². The van der Waals surface area contributed by atoms with Crippen molar-refractivity contribution in [2.45, 2.75) is 6.54 Å². The summed E-state index contributed by atoms with van der Waals surface area (Å²) in [4.78, 5) is 23.5. The normalized spacial score (nSPS) is 11.0. The molecule has 120 valence electrons. The minimum absolute atomic E-state index is 0.235. The molecular weight excluding hydrogens is 296 g/mol.